The maximum Gasteiger partial charge on any atom is 0.303 e. The third-order valence-electron chi connectivity index (χ3n) is 12.6. The van der Waals surface area contributed by atoms with E-state index in [0.29, 0.717) is 150 Å². The van der Waals surface area contributed by atoms with Crippen molar-refractivity contribution in [2.75, 3.05) is 138 Å². The van der Waals surface area contributed by atoms with Crippen LogP contribution in [0.5, 0.6) is 0 Å². The lowest BCUT2D eigenvalue weighted by Gasteiger charge is -2.30. The first kappa shape index (κ1) is 61.3. The Labute approximate surface area is 431 Å². The maximum absolute atomic E-state index is 12.4. The van der Waals surface area contributed by atoms with Gasteiger partial charge in [0.2, 0.25) is 5.69 Å². The van der Waals surface area contributed by atoms with Crippen LogP contribution in [0.25, 0.3) is 0 Å². The summed E-state index contributed by atoms with van der Waals surface area (Å²) in [6.07, 6.45) is 16.2. The summed E-state index contributed by atoms with van der Waals surface area (Å²) in [5.41, 5.74) is 3.22. The number of allylic oxidation sites excluding steroid dienone is 8. The molecule has 2 aromatic carbocycles. The van der Waals surface area contributed by atoms with E-state index in [0.717, 1.165) is 28.3 Å². The van der Waals surface area contributed by atoms with Gasteiger partial charge in [-0.05, 0) is 81.5 Å². The molecule has 0 aromatic heterocycles. The van der Waals surface area contributed by atoms with Gasteiger partial charge in [0, 0.05) is 88.4 Å². The lowest BCUT2D eigenvalue weighted by atomic mass is 9.76. The summed E-state index contributed by atoms with van der Waals surface area (Å²) in [6.45, 7) is 11.1. The Kier molecular flexibility index (Phi) is 26.6. The molecule has 2 atom stereocenters. The van der Waals surface area contributed by atoms with Crippen LogP contribution in [0.2, 0.25) is 0 Å². The number of carboxylic acid groups (broad SMARTS) is 1. The van der Waals surface area contributed by atoms with E-state index in [1.165, 1.54) is 24.3 Å². The van der Waals surface area contributed by atoms with Gasteiger partial charge in [-0.1, -0.05) is 30.4 Å². The second-order valence-corrected chi connectivity index (χ2v) is 20.5. The molecule has 4 rings (SSSR count). The summed E-state index contributed by atoms with van der Waals surface area (Å²) in [6, 6.07) is 9.21. The highest BCUT2D eigenvalue weighted by molar-refractivity contribution is 7.86. The van der Waals surface area contributed by atoms with E-state index in [9.17, 15) is 35.8 Å². The van der Waals surface area contributed by atoms with Crippen molar-refractivity contribution in [2.45, 2.75) is 73.0 Å². The van der Waals surface area contributed by atoms with Gasteiger partial charge in [0.05, 0.1) is 101 Å². The third kappa shape index (κ3) is 19.2. The van der Waals surface area contributed by atoms with E-state index < -0.39 is 37.0 Å². The number of aliphatic carboxylic acids is 1. The highest BCUT2D eigenvalue weighted by atomic mass is 32.2. The molecule has 73 heavy (non-hydrogen) atoms. The SMILES string of the molecule is COCCOCCOCCOCCC1(C)C(/C=C/C=C/C=C/C=C2/N(CCOC)c3ccc(S(=O)(=O)O)cc3C2(C)CCOCCOCCOCCOC)=[N+](CCCCCC(=O)O)c2ccc(S(=O)(=O)O)cc21. The Balaban J connectivity index is 1.59. The molecule has 2 heterocycles. The molecule has 2 aliphatic heterocycles. The average molecular weight is 1070 g/mol. The molecule has 19 nitrogen and oxygen atoms in total. The number of hydrogen-bond acceptors (Lipinski definition) is 15. The lowest BCUT2D eigenvalue weighted by Crippen LogP contribution is -2.33. The largest absolute Gasteiger partial charge is 0.481 e. The number of carbonyl (C=O) groups is 1. The van der Waals surface area contributed by atoms with Gasteiger partial charge in [0.25, 0.3) is 20.2 Å². The molecule has 408 valence electrons. The number of anilines is 1. The summed E-state index contributed by atoms with van der Waals surface area (Å²) >= 11 is 0. The van der Waals surface area contributed by atoms with E-state index in [-0.39, 0.29) is 16.2 Å². The first-order valence-electron chi connectivity index (χ1n) is 24.6. The number of hydrogen-bond donors (Lipinski definition) is 3. The molecule has 2 unspecified atom stereocenters. The maximum atomic E-state index is 12.4. The van der Waals surface area contributed by atoms with E-state index in [1.54, 1.807) is 33.5 Å². The van der Waals surface area contributed by atoms with Crippen molar-refractivity contribution in [3.63, 3.8) is 0 Å². The quantitative estimate of drug-likeness (QED) is 0.0287. The Bertz CT molecular complexity index is 2420. The molecule has 3 N–H and O–H groups in total. The van der Waals surface area contributed by atoms with Crippen molar-refractivity contribution in [3.8, 4) is 0 Å². The molecule has 0 aliphatic carbocycles. The first-order valence-corrected chi connectivity index (χ1v) is 27.4. The fourth-order valence-electron chi connectivity index (χ4n) is 8.70. The average Bonchev–Trinajstić information content (AvgIpc) is 3.72. The van der Waals surface area contributed by atoms with E-state index in [2.05, 4.69) is 9.48 Å². The van der Waals surface area contributed by atoms with Crippen LogP contribution in [0.3, 0.4) is 0 Å². The van der Waals surface area contributed by atoms with Crippen molar-refractivity contribution in [1.82, 2.24) is 0 Å². The van der Waals surface area contributed by atoms with Gasteiger partial charge in [0.1, 0.15) is 6.54 Å². The van der Waals surface area contributed by atoms with Gasteiger partial charge in [-0.2, -0.15) is 21.4 Å². The predicted molar refractivity (Wildman–Crippen MR) is 276 cm³/mol. The summed E-state index contributed by atoms with van der Waals surface area (Å²) in [4.78, 5) is 12.9. The second kappa shape index (κ2) is 31.6. The van der Waals surface area contributed by atoms with Gasteiger partial charge >= 0.3 is 5.97 Å². The van der Waals surface area contributed by atoms with Crippen molar-refractivity contribution >= 4 is 43.3 Å². The van der Waals surface area contributed by atoms with Crippen LogP contribution in [0.15, 0.2) is 94.4 Å². The van der Waals surface area contributed by atoms with E-state index >= 15 is 0 Å². The van der Waals surface area contributed by atoms with Crippen LogP contribution in [-0.2, 0) is 78.5 Å². The normalized spacial score (nSPS) is 18.7. The number of fused-ring (bicyclic) bond motifs is 2. The highest BCUT2D eigenvalue weighted by Crippen LogP contribution is 2.51. The molecular formula is C52H77N2O17S2+. The van der Waals surface area contributed by atoms with Crippen LogP contribution in [0.1, 0.15) is 63.5 Å². The van der Waals surface area contributed by atoms with Crippen molar-refractivity contribution in [2.24, 2.45) is 0 Å². The summed E-state index contributed by atoms with van der Waals surface area (Å²) in [5, 5.41) is 9.23. The molecule has 0 fully saturated rings. The highest BCUT2D eigenvalue weighted by Gasteiger charge is 2.48. The Morgan fingerprint density at radius 3 is 1.60 bits per heavy atom. The Hall–Kier alpha value is -4.20. The summed E-state index contributed by atoms with van der Waals surface area (Å²) in [5.74, 6) is -0.857. The monoisotopic (exact) mass is 1070 g/mol. The smallest absolute Gasteiger partial charge is 0.303 e. The molecular weight excluding hydrogens is 989 g/mol. The second-order valence-electron chi connectivity index (χ2n) is 17.7. The minimum atomic E-state index is -4.53. The number of rotatable bonds is 39. The first-order chi connectivity index (χ1) is 35.0. The van der Waals surface area contributed by atoms with Gasteiger partial charge in [-0.3, -0.25) is 13.9 Å². The minimum absolute atomic E-state index is 0.0591. The van der Waals surface area contributed by atoms with Gasteiger partial charge < -0.3 is 52.6 Å². The number of benzene rings is 2. The zero-order valence-electron chi connectivity index (χ0n) is 43.0. The minimum Gasteiger partial charge on any atom is -0.481 e. The number of nitrogens with zero attached hydrogens (tertiary/aromatic N) is 2. The molecule has 2 aromatic rings. The van der Waals surface area contributed by atoms with Crippen LogP contribution in [0.4, 0.5) is 11.4 Å². The Morgan fingerprint density at radius 1 is 0.589 bits per heavy atom. The standard InChI is InChI=1S/C52H76N2O17S2/c1-51(21-25-66-32-34-70-38-36-68-30-28-64-4)44-40-42(72(57,58)59)17-19-46(44)53(23-13-9-12-16-50(55)56)48(51)14-10-7-6-8-11-15-49-52(2,22-26-67-33-35-71-39-37-69-31-29-65-5)45-41-43(73(60,61)62)18-20-47(45)54(49)24-27-63-3/h6-8,10-11,14-15,17-20,40-41H,9,12-13,16,21-39H2,1-5H3,(H2-,55,56,57,58,59,60,61,62)/p+1. The van der Waals surface area contributed by atoms with Crippen molar-refractivity contribution in [1.29, 1.82) is 0 Å². The van der Waals surface area contributed by atoms with Gasteiger partial charge in [0.15, 0.2) is 5.71 Å². The van der Waals surface area contributed by atoms with Gasteiger partial charge in [-0.25, -0.2) is 0 Å². The zero-order chi connectivity index (χ0) is 53.2. The predicted octanol–water partition coefficient (Wildman–Crippen LogP) is 6.33. The third-order valence-corrected chi connectivity index (χ3v) is 14.3. The van der Waals surface area contributed by atoms with Crippen LogP contribution < -0.4 is 4.90 Å². The molecule has 0 saturated carbocycles. The summed E-state index contributed by atoms with van der Waals surface area (Å²) in [7, 11) is -4.19. The van der Waals surface area contributed by atoms with Crippen LogP contribution in [0, 0.1) is 0 Å². The molecule has 21 heteroatoms. The molecule has 0 amide bonds. The van der Waals surface area contributed by atoms with E-state index in [4.69, 9.17) is 42.6 Å². The fourth-order valence-corrected chi connectivity index (χ4v) is 9.72. The number of carboxylic acids is 1. The molecule has 2 aliphatic rings. The van der Waals surface area contributed by atoms with Crippen LogP contribution >= 0.6 is 0 Å². The van der Waals surface area contributed by atoms with Crippen molar-refractivity contribution < 1.29 is 83.0 Å². The van der Waals surface area contributed by atoms with Crippen molar-refractivity contribution in [3.05, 3.63) is 95.8 Å². The van der Waals surface area contributed by atoms with E-state index in [1.807, 2.05) is 56.4 Å². The Morgan fingerprint density at radius 2 is 1.07 bits per heavy atom. The number of unbranched alkanes of at least 4 members (excludes halogenated alkanes) is 2. The molecule has 0 saturated heterocycles. The molecule has 0 spiro atoms. The number of ether oxygens (including phenoxy) is 9. The molecule has 0 radical (unpaired) electrons. The fraction of sp³-hybridized carbons (Fsp3) is 0.577. The lowest BCUT2D eigenvalue weighted by molar-refractivity contribution is -0.438. The molecule has 0 bridgehead atoms. The van der Waals surface area contributed by atoms with Crippen LogP contribution in [-0.4, -0.2) is 181 Å². The zero-order valence-corrected chi connectivity index (χ0v) is 44.7. The topological polar surface area (TPSA) is 235 Å². The number of methoxy groups -OCH3 is 3. The summed E-state index contributed by atoms with van der Waals surface area (Å²) < 4.78 is 122. The van der Waals surface area contributed by atoms with Gasteiger partial charge in [-0.15, -0.1) is 0 Å².